The van der Waals surface area contributed by atoms with E-state index in [4.69, 9.17) is 17.3 Å². The molecule has 0 spiro atoms. The fraction of sp³-hybridized carbons (Fsp3) is 0.600. The van der Waals surface area contributed by atoms with Crippen molar-refractivity contribution in [2.45, 2.75) is 37.0 Å². The predicted molar refractivity (Wildman–Crippen MR) is 84.7 cm³/mol. The van der Waals surface area contributed by atoms with Crippen molar-refractivity contribution in [3.05, 3.63) is 23.2 Å². The van der Waals surface area contributed by atoms with Crippen LogP contribution in [-0.4, -0.2) is 25.8 Å². The first kappa shape index (κ1) is 15.1. The molecule has 0 bridgehead atoms. The van der Waals surface area contributed by atoms with E-state index in [1.54, 1.807) is 22.5 Å². The van der Waals surface area contributed by atoms with Gasteiger partial charge in [-0.15, -0.1) is 0 Å². The molecular weight excluding hydrogens is 308 g/mol. The number of fused-ring (bicyclic) bond motifs is 1. The van der Waals surface area contributed by atoms with Crippen molar-refractivity contribution in [2.75, 3.05) is 18.8 Å². The van der Waals surface area contributed by atoms with Gasteiger partial charge in [0.1, 0.15) is 4.90 Å². The third-order valence-corrected chi connectivity index (χ3v) is 7.26. The van der Waals surface area contributed by atoms with E-state index in [1.807, 2.05) is 0 Å². The minimum atomic E-state index is -3.60. The molecule has 1 saturated carbocycles. The van der Waals surface area contributed by atoms with Crippen molar-refractivity contribution >= 4 is 27.3 Å². The Morgan fingerprint density at radius 2 is 1.86 bits per heavy atom. The number of rotatable bonds is 2. The van der Waals surface area contributed by atoms with Gasteiger partial charge >= 0.3 is 0 Å². The van der Waals surface area contributed by atoms with Crippen LogP contribution >= 0.6 is 11.6 Å². The van der Waals surface area contributed by atoms with Crippen LogP contribution in [0.15, 0.2) is 23.1 Å². The minimum absolute atomic E-state index is 0.0703. The highest BCUT2D eigenvalue weighted by Gasteiger charge is 2.37. The van der Waals surface area contributed by atoms with E-state index in [0.717, 1.165) is 12.8 Å². The van der Waals surface area contributed by atoms with Gasteiger partial charge in [-0.3, -0.25) is 0 Å². The molecule has 1 aromatic rings. The molecule has 1 heterocycles. The lowest BCUT2D eigenvalue weighted by molar-refractivity contribution is 0.136. The van der Waals surface area contributed by atoms with Crippen molar-refractivity contribution in [1.82, 2.24) is 4.31 Å². The van der Waals surface area contributed by atoms with E-state index >= 15 is 0 Å². The largest absolute Gasteiger partial charge is 0.398 e. The molecule has 2 fully saturated rings. The maximum Gasteiger partial charge on any atom is 0.246 e. The number of hydrogen-bond donors (Lipinski definition) is 1. The standard InChI is InChI=1S/C15H21ClN2O2S/c16-13-6-3-7-14(17)15(13)21(19,20)18-9-8-11-4-1-2-5-12(11)10-18/h3,6-7,11-12H,1-2,4-5,8-10,17H2. The number of hydrogen-bond acceptors (Lipinski definition) is 3. The monoisotopic (exact) mass is 328 g/mol. The lowest BCUT2D eigenvalue weighted by atomic mass is 9.76. The van der Waals surface area contributed by atoms with E-state index in [2.05, 4.69) is 0 Å². The molecule has 116 valence electrons. The molecule has 0 radical (unpaired) electrons. The van der Waals surface area contributed by atoms with Crippen molar-refractivity contribution in [3.63, 3.8) is 0 Å². The van der Waals surface area contributed by atoms with Crippen LogP contribution in [0.5, 0.6) is 0 Å². The lowest BCUT2D eigenvalue weighted by Crippen LogP contribution is -2.44. The number of nitrogens with zero attached hydrogens (tertiary/aromatic N) is 1. The number of halogens is 1. The van der Waals surface area contributed by atoms with Gasteiger partial charge in [-0.2, -0.15) is 4.31 Å². The summed E-state index contributed by atoms with van der Waals surface area (Å²) in [4.78, 5) is 0.0703. The van der Waals surface area contributed by atoms with Gasteiger partial charge in [-0.1, -0.05) is 36.9 Å². The third-order valence-electron chi connectivity index (χ3n) is 4.85. The average molecular weight is 329 g/mol. The van der Waals surface area contributed by atoms with Gasteiger partial charge in [-0.05, 0) is 36.8 Å². The van der Waals surface area contributed by atoms with Crippen LogP contribution in [0, 0.1) is 11.8 Å². The van der Waals surface area contributed by atoms with Crippen LogP contribution in [0.25, 0.3) is 0 Å². The van der Waals surface area contributed by atoms with Crippen molar-refractivity contribution in [1.29, 1.82) is 0 Å². The third kappa shape index (κ3) is 2.79. The first-order valence-corrected chi connectivity index (χ1v) is 9.36. The highest BCUT2D eigenvalue weighted by atomic mass is 35.5. The first-order valence-electron chi connectivity index (χ1n) is 7.54. The molecule has 21 heavy (non-hydrogen) atoms. The minimum Gasteiger partial charge on any atom is -0.398 e. The molecule has 1 saturated heterocycles. The Balaban J connectivity index is 1.89. The molecular formula is C15H21ClN2O2S. The quantitative estimate of drug-likeness (QED) is 0.848. The summed E-state index contributed by atoms with van der Waals surface area (Å²) in [5.74, 6) is 1.18. The van der Waals surface area contributed by atoms with Crippen LogP contribution in [0.4, 0.5) is 5.69 Å². The Kier molecular flexibility index (Phi) is 4.17. The van der Waals surface area contributed by atoms with Gasteiger partial charge < -0.3 is 5.73 Å². The van der Waals surface area contributed by atoms with Gasteiger partial charge in [0.05, 0.1) is 10.7 Å². The summed E-state index contributed by atoms with van der Waals surface area (Å²) >= 11 is 6.08. The van der Waals surface area contributed by atoms with E-state index < -0.39 is 10.0 Å². The van der Waals surface area contributed by atoms with Crippen LogP contribution in [0.2, 0.25) is 5.02 Å². The second kappa shape index (κ2) is 5.78. The maximum atomic E-state index is 12.9. The molecule has 3 rings (SSSR count). The number of piperidine rings is 1. The predicted octanol–water partition coefficient (Wildman–Crippen LogP) is 3.12. The SMILES string of the molecule is Nc1cccc(Cl)c1S(=O)(=O)N1CCC2CCCCC2C1. The molecule has 2 N–H and O–H groups in total. The summed E-state index contributed by atoms with van der Waals surface area (Å²) < 4.78 is 27.3. The molecule has 2 aliphatic rings. The molecule has 1 aliphatic carbocycles. The van der Waals surface area contributed by atoms with E-state index in [-0.39, 0.29) is 15.6 Å². The lowest BCUT2D eigenvalue weighted by Gasteiger charge is -2.40. The summed E-state index contributed by atoms with van der Waals surface area (Å²) in [7, 11) is -3.60. The normalized spacial score (nSPS) is 27.3. The Hall–Kier alpha value is -0.780. The Labute approximate surface area is 131 Å². The second-order valence-corrected chi connectivity index (χ2v) is 8.40. The molecule has 2 atom stereocenters. The topological polar surface area (TPSA) is 63.4 Å². The molecule has 0 amide bonds. The summed E-state index contributed by atoms with van der Waals surface area (Å²) in [6.45, 7) is 1.19. The highest BCUT2D eigenvalue weighted by Crippen LogP contribution is 2.39. The van der Waals surface area contributed by atoms with Crippen LogP contribution in [0.3, 0.4) is 0 Å². The summed E-state index contributed by atoms with van der Waals surface area (Å²) in [6, 6.07) is 4.84. The number of nitrogens with two attached hydrogens (primary N) is 1. The van der Waals surface area contributed by atoms with Gasteiger partial charge in [0, 0.05) is 13.1 Å². The first-order chi connectivity index (χ1) is 10.00. The molecule has 0 aromatic heterocycles. The van der Waals surface area contributed by atoms with Crippen LogP contribution in [0.1, 0.15) is 32.1 Å². The van der Waals surface area contributed by atoms with E-state index in [1.165, 1.54) is 19.3 Å². The molecule has 1 aromatic carbocycles. The molecule has 6 heteroatoms. The fourth-order valence-electron chi connectivity index (χ4n) is 3.71. The summed E-state index contributed by atoms with van der Waals surface area (Å²) in [5, 5.41) is 0.209. The van der Waals surface area contributed by atoms with E-state index in [0.29, 0.717) is 24.9 Å². The zero-order valence-corrected chi connectivity index (χ0v) is 13.5. The summed E-state index contributed by atoms with van der Waals surface area (Å²) in [5.41, 5.74) is 6.09. The van der Waals surface area contributed by atoms with Gasteiger partial charge in [0.25, 0.3) is 0 Å². The second-order valence-electron chi connectivity index (χ2n) is 6.11. The smallest absolute Gasteiger partial charge is 0.246 e. The average Bonchev–Trinajstić information content (AvgIpc) is 2.46. The van der Waals surface area contributed by atoms with Gasteiger partial charge in [0.2, 0.25) is 10.0 Å². The maximum absolute atomic E-state index is 12.9. The van der Waals surface area contributed by atoms with Crippen molar-refractivity contribution in [2.24, 2.45) is 11.8 Å². The zero-order valence-electron chi connectivity index (χ0n) is 12.0. The van der Waals surface area contributed by atoms with Crippen molar-refractivity contribution < 1.29 is 8.42 Å². The summed E-state index contributed by atoms with van der Waals surface area (Å²) in [6.07, 6.45) is 5.82. The fourth-order valence-corrected chi connectivity index (χ4v) is 5.86. The highest BCUT2D eigenvalue weighted by molar-refractivity contribution is 7.89. The number of benzene rings is 1. The number of sulfonamides is 1. The van der Waals surface area contributed by atoms with Crippen molar-refractivity contribution in [3.8, 4) is 0 Å². The van der Waals surface area contributed by atoms with E-state index in [9.17, 15) is 8.42 Å². The van der Waals surface area contributed by atoms with Gasteiger partial charge in [0.15, 0.2) is 0 Å². The number of nitrogen functional groups attached to an aromatic ring is 1. The molecule has 4 nitrogen and oxygen atoms in total. The van der Waals surface area contributed by atoms with Gasteiger partial charge in [-0.25, -0.2) is 8.42 Å². The molecule has 1 aliphatic heterocycles. The van der Waals surface area contributed by atoms with Crippen LogP contribution in [-0.2, 0) is 10.0 Å². The Bertz CT molecular complexity index is 612. The Morgan fingerprint density at radius 3 is 2.57 bits per heavy atom. The zero-order chi connectivity index (χ0) is 15.0. The Morgan fingerprint density at radius 1 is 1.14 bits per heavy atom. The number of anilines is 1. The molecule has 2 unspecified atom stereocenters. The van der Waals surface area contributed by atoms with Crippen LogP contribution < -0.4 is 5.73 Å².